The summed E-state index contributed by atoms with van der Waals surface area (Å²) in [7, 11) is 0. The first-order chi connectivity index (χ1) is 5.39. The van der Waals surface area contributed by atoms with Crippen LogP contribution in [0.1, 0.15) is 0 Å². The van der Waals surface area contributed by atoms with Crippen LogP contribution in [0.5, 0.6) is 0 Å². The molecule has 0 N–H and O–H groups in total. The van der Waals surface area contributed by atoms with Crippen molar-refractivity contribution in [3.05, 3.63) is 17.1 Å². The molecule has 1 aliphatic heterocycles. The number of hydrogen-bond acceptors (Lipinski definition) is 5. The molecule has 0 saturated heterocycles. The van der Waals surface area contributed by atoms with Gasteiger partial charge in [-0.2, -0.15) is 0 Å². The van der Waals surface area contributed by atoms with Gasteiger partial charge in [0.25, 0.3) is 0 Å². The number of aromatic nitrogens is 1. The largest absolute Gasteiger partial charge is 0.292 e. The Labute approximate surface area is 72.7 Å². The highest BCUT2D eigenvalue weighted by Crippen LogP contribution is 2.05. The van der Waals surface area contributed by atoms with Gasteiger partial charge in [-0.25, -0.2) is 4.40 Å². The van der Waals surface area contributed by atoms with Crippen molar-refractivity contribution in [3.8, 4) is 0 Å². The van der Waals surface area contributed by atoms with Crippen LogP contribution in [0.4, 0.5) is 0 Å². The summed E-state index contributed by atoms with van der Waals surface area (Å²) in [5, 5.41) is 1.93. The second kappa shape index (κ2) is 5.03. The zero-order chi connectivity index (χ0) is 7.94. The van der Waals surface area contributed by atoms with Crippen LogP contribution in [0.3, 0.4) is 0 Å². The minimum Gasteiger partial charge on any atom is -0.292 e. The summed E-state index contributed by atoms with van der Waals surface area (Å²) < 4.78 is 3.61. The normalized spacial score (nSPS) is 14.4. The maximum atomic E-state index is 10.1. The van der Waals surface area contributed by atoms with Gasteiger partial charge in [-0.3, -0.25) is 9.78 Å². The third-order valence-corrected chi connectivity index (χ3v) is 2.02. The molecule has 0 unspecified atom stereocenters. The van der Waals surface area contributed by atoms with E-state index in [0.29, 0.717) is 5.75 Å². The molecule has 0 fully saturated rings. The average Bonchev–Trinajstić information content (AvgIpc) is 2.57. The predicted octanol–water partition coefficient (Wildman–Crippen LogP) is 1.43. The van der Waals surface area contributed by atoms with Crippen molar-refractivity contribution in [1.82, 2.24) is 4.98 Å². The fourth-order valence-electron chi connectivity index (χ4n) is 0.410. The van der Waals surface area contributed by atoms with E-state index in [-0.39, 0.29) is 5.78 Å². The fraction of sp³-hybridized carbons (Fsp3) is 0.167. The molecule has 1 aromatic heterocycles. The van der Waals surface area contributed by atoms with Crippen molar-refractivity contribution in [2.24, 2.45) is 4.40 Å². The molecule has 1 aromatic rings. The molecule has 0 aromatic carbocycles. The fourth-order valence-corrected chi connectivity index (χ4v) is 1.23. The average molecular weight is 186 g/mol. The van der Waals surface area contributed by atoms with E-state index in [0.717, 1.165) is 0 Å². The predicted molar refractivity (Wildman–Crippen MR) is 48.1 cm³/mol. The Kier molecular flexibility index (Phi) is 3.85. The summed E-state index contributed by atoms with van der Waals surface area (Å²) in [4.78, 5) is 13.8. The van der Waals surface area contributed by atoms with Crippen molar-refractivity contribution in [1.29, 1.82) is 0 Å². The summed E-state index contributed by atoms with van der Waals surface area (Å²) in [5.74, 6) is 0.667. The number of hydrogen-bond donors (Lipinski definition) is 0. The van der Waals surface area contributed by atoms with Gasteiger partial charge in [-0.1, -0.05) is 0 Å². The molecule has 58 valence electrons. The molecule has 3 nitrogen and oxygen atoms in total. The van der Waals surface area contributed by atoms with E-state index < -0.39 is 0 Å². The number of ketones is 1. The standard InChI is InChI=1S/C3H3NOS.C3H3NS/c5-3-1-4-6-2-3;1-2-5-3-4-1/h1H,2H2;1-3H. The zero-order valence-electron chi connectivity index (χ0n) is 5.64. The summed E-state index contributed by atoms with van der Waals surface area (Å²) in [6.07, 6.45) is 3.12. The lowest BCUT2D eigenvalue weighted by Crippen LogP contribution is -1.93. The maximum Gasteiger partial charge on any atom is 0.186 e. The molecule has 2 heterocycles. The molecule has 0 aliphatic carbocycles. The second-order valence-electron chi connectivity index (χ2n) is 1.65. The van der Waals surface area contributed by atoms with Gasteiger partial charge in [0.1, 0.15) is 0 Å². The molecule has 0 amide bonds. The van der Waals surface area contributed by atoms with Crippen molar-refractivity contribution in [3.63, 3.8) is 0 Å². The Morgan fingerprint density at radius 1 is 1.55 bits per heavy atom. The van der Waals surface area contributed by atoms with Crippen molar-refractivity contribution >= 4 is 35.3 Å². The van der Waals surface area contributed by atoms with E-state index in [2.05, 4.69) is 9.38 Å². The quantitative estimate of drug-likeness (QED) is 0.576. The monoisotopic (exact) mass is 186 g/mol. The highest BCUT2D eigenvalue weighted by molar-refractivity contribution is 7.99. The lowest BCUT2D eigenvalue weighted by atomic mass is 10.5. The van der Waals surface area contributed by atoms with Gasteiger partial charge in [0, 0.05) is 11.6 Å². The maximum absolute atomic E-state index is 10.1. The first kappa shape index (κ1) is 8.42. The molecule has 0 saturated carbocycles. The van der Waals surface area contributed by atoms with Crippen LogP contribution in [0, 0.1) is 0 Å². The molecule has 11 heavy (non-hydrogen) atoms. The van der Waals surface area contributed by atoms with Crippen LogP contribution in [0.15, 0.2) is 21.5 Å². The molecule has 2 rings (SSSR count). The highest BCUT2D eigenvalue weighted by atomic mass is 32.2. The zero-order valence-corrected chi connectivity index (χ0v) is 7.27. The second-order valence-corrected chi connectivity index (χ2v) is 3.16. The van der Waals surface area contributed by atoms with Crippen LogP contribution in [-0.2, 0) is 4.79 Å². The topological polar surface area (TPSA) is 42.3 Å². The Hall–Kier alpha value is -0.680. The first-order valence-electron chi connectivity index (χ1n) is 2.90. The Balaban J connectivity index is 0.000000112. The van der Waals surface area contributed by atoms with Crippen LogP contribution in [0.2, 0.25) is 0 Å². The minimum atomic E-state index is 0.125. The van der Waals surface area contributed by atoms with Crippen LogP contribution >= 0.6 is 23.3 Å². The first-order valence-corrected chi connectivity index (χ1v) is 4.78. The van der Waals surface area contributed by atoms with Crippen LogP contribution in [0.25, 0.3) is 0 Å². The number of rotatable bonds is 0. The van der Waals surface area contributed by atoms with Gasteiger partial charge in [-0.15, -0.1) is 11.3 Å². The number of thiazole rings is 1. The highest BCUT2D eigenvalue weighted by Gasteiger charge is 2.01. The van der Waals surface area contributed by atoms with Crippen LogP contribution < -0.4 is 0 Å². The number of nitrogens with zero attached hydrogens (tertiary/aromatic N) is 2. The van der Waals surface area contributed by atoms with Crippen molar-refractivity contribution < 1.29 is 4.79 Å². The van der Waals surface area contributed by atoms with E-state index in [1.165, 1.54) is 18.2 Å². The van der Waals surface area contributed by atoms with Crippen LogP contribution in [-0.4, -0.2) is 22.7 Å². The molecule has 0 bridgehead atoms. The van der Waals surface area contributed by atoms with Gasteiger partial charge >= 0.3 is 0 Å². The third-order valence-electron chi connectivity index (χ3n) is 0.825. The van der Waals surface area contributed by atoms with E-state index in [1.807, 2.05) is 5.38 Å². The molecular weight excluding hydrogens is 180 g/mol. The lowest BCUT2D eigenvalue weighted by Gasteiger charge is -1.67. The molecule has 0 atom stereocenters. The van der Waals surface area contributed by atoms with E-state index in [9.17, 15) is 4.79 Å². The van der Waals surface area contributed by atoms with Gasteiger partial charge in [-0.05, 0) is 11.9 Å². The number of carbonyl (C=O) groups is 1. The molecule has 5 heteroatoms. The Morgan fingerprint density at radius 2 is 2.45 bits per heavy atom. The summed E-state index contributed by atoms with van der Waals surface area (Å²) in [5.41, 5.74) is 1.79. The van der Waals surface area contributed by atoms with E-state index in [4.69, 9.17) is 0 Å². The smallest absolute Gasteiger partial charge is 0.186 e. The van der Waals surface area contributed by atoms with E-state index in [1.54, 1.807) is 23.0 Å². The SMILES string of the molecule is O=C1C=NSC1.c1cscn1. The molecule has 1 aliphatic rings. The number of carbonyl (C=O) groups excluding carboxylic acids is 1. The van der Waals surface area contributed by atoms with E-state index >= 15 is 0 Å². The summed E-state index contributed by atoms with van der Waals surface area (Å²) >= 11 is 2.90. The van der Waals surface area contributed by atoms with Gasteiger partial charge in [0.15, 0.2) is 5.78 Å². The summed E-state index contributed by atoms with van der Waals surface area (Å²) in [6, 6.07) is 0. The molecular formula is C6H6N2OS2. The summed E-state index contributed by atoms with van der Waals surface area (Å²) in [6.45, 7) is 0. The lowest BCUT2D eigenvalue weighted by molar-refractivity contribution is -0.110. The van der Waals surface area contributed by atoms with Crippen molar-refractivity contribution in [2.45, 2.75) is 0 Å². The number of Topliss-reactive ketones (excluding diaryl/α,β-unsaturated/α-hetero) is 1. The Bertz CT molecular complexity index is 216. The molecule has 0 radical (unpaired) electrons. The minimum absolute atomic E-state index is 0.125. The van der Waals surface area contributed by atoms with Gasteiger partial charge in [0.2, 0.25) is 0 Å². The Morgan fingerprint density at radius 3 is 2.64 bits per heavy atom. The molecule has 0 spiro atoms. The van der Waals surface area contributed by atoms with Crippen molar-refractivity contribution in [2.75, 3.05) is 5.75 Å². The van der Waals surface area contributed by atoms with Gasteiger partial charge in [0.05, 0.1) is 17.5 Å². The third kappa shape index (κ3) is 3.90. The van der Waals surface area contributed by atoms with Gasteiger partial charge < -0.3 is 0 Å².